The van der Waals surface area contributed by atoms with Gasteiger partial charge >= 0.3 is 12.2 Å². The van der Waals surface area contributed by atoms with Crippen LogP contribution in [0, 0.1) is 13.8 Å². The molecule has 4 N–H and O–H groups in total. The van der Waals surface area contributed by atoms with Gasteiger partial charge in [0.2, 0.25) is 0 Å². The lowest BCUT2D eigenvalue weighted by Gasteiger charge is -2.15. The molecule has 0 spiro atoms. The monoisotopic (exact) mass is 349 g/mol. The topological polar surface area (TPSA) is 67.2 Å². The van der Waals surface area contributed by atoms with Crippen LogP contribution in [0.2, 0.25) is 0 Å². The van der Waals surface area contributed by atoms with Crippen LogP contribution in [-0.2, 0) is 6.18 Å². The number of benzene rings is 2. The number of aryl methyl sites for hydroxylation is 2. The first-order valence-corrected chi connectivity index (χ1v) is 7.45. The predicted octanol–water partition coefficient (Wildman–Crippen LogP) is 4.49. The second-order valence-electron chi connectivity index (χ2n) is 5.56. The molecular formula is C18H18F3N3O. The number of hydrogen-bond donors (Lipinski definition) is 3. The molecule has 0 aliphatic rings. The van der Waals surface area contributed by atoms with E-state index < -0.39 is 17.8 Å². The summed E-state index contributed by atoms with van der Waals surface area (Å²) in [6.45, 7) is 3.77. The molecule has 0 radical (unpaired) electrons. The largest absolute Gasteiger partial charge is 0.417 e. The minimum Gasteiger partial charge on any atom is -0.306 e. The Balaban J connectivity index is 2.54. The SMILES string of the molecule is Cc1ccc(C)c(/C=C/c2c(NC(=O)NN)cccc2C(F)(F)F)c1. The van der Waals surface area contributed by atoms with Gasteiger partial charge in [-0.2, -0.15) is 13.2 Å². The molecule has 0 saturated heterocycles. The van der Waals surface area contributed by atoms with Gasteiger partial charge in [0.1, 0.15) is 0 Å². The third-order valence-corrected chi connectivity index (χ3v) is 3.66. The van der Waals surface area contributed by atoms with E-state index >= 15 is 0 Å². The second kappa shape index (κ2) is 7.40. The molecule has 2 rings (SSSR count). The number of carbonyl (C=O) groups excluding carboxylic acids is 1. The molecule has 2 aromatic rings. The highest BCUT2D eigenvalue weighted by Crippen LogP contribution is 2.36. The number of nitrogens with two attached hydrogens (primary N) is 1. The van der Waals surface area contributed by atoms with Crippen LogP contribution in [0.15, 0.2) is 36.4 Å². The molecule has 0 aromatic heterocycles. The Hall–Kier alpha value is -2.80. The molecule has 0 atom stereocenters. The Morgan fingerprint density at radius 3 is 2.48 bits per heavy atom. The van der Waals surface area contributed by atoms with Crippen molar-refractivity contribution < 1.29 is 18.0 Å². The number of anilines is 1. The van der Waals surface area contributed by atoms with E-state index in [0.717, 1.165) is 22.8 Å². The molecule has 25 heavy (non-hydrogen) atoms. The zero-order chi connectivity index (χ0) is 18.6. The van der Waals surface area contributed by atoms with Gasteiger partial charge < -0.3 is 5.32 Å². The number of nitrogens with one attached hydrogen (secondary N) is 2. The first kappa shape index (κ1) is 18.5. The highest BCUT2D eigenvalue weighted by Gasteiger charge is 2.33. The fraction of sp³-hybridized carbons (Fsp3) is 0.167. The maximum absolute atomic E-state index is 13.3. The molecule has 132 valence electrons. The summed E-state index contributed by atoms with van der Waals surface area (Å²) in [5, 5.41) is 2.31. The van der Waals surface area contributed by atoms with Crippen LogP contribution >= 0.6 is 0 Å². The summed E-state index contributed by atoms with van der Waals surface area (Å²) in [6, 6.07) is 8.47. The van der Waals surface area contributed by atoms with Gasteiger partial charge in [0.15, 0.2) is 0 Å². The molecule has 2 amide bonds. The maximum atomic E-state index is 13.3. The number of alkyl halides is 3. The summed E-state index contributed by atoms with van der Waals surface area (Å²) in [6.07, 6.45) is -1.62. The fourth-order valence-electron chi connectivity index (χ4n) is 2.37. The molecule has 7 heteroatoms. The van der Waals surface area contributed by atoms with Crippen molar-refractivity contribution in [3.05, 3.63) is 64.2 Å². The first-order valence-electron chi connectivity index (χ1n) is 7.45. The Labute approximate surface area is 143 Å². The van der Waals surface area contributed by atoms with Crippen LogP contribution in [0.3, 0.4) is 0 Å². The van der Waals surface area contributed by atoms with Crippen LogP contribution in [0.1, 0.15) is 27.8 Å². The van der Waals surface area contributed by atoms with E-state index in [2.05, 4.69) is 5.32 Å². The van der Waals surface area contributed by atoms with Crippen LogP contribution in [0.25, 0.3) is 12.2 Å². The quantitative estimate of drug-likeness (QED) is 0.331. The van der Waals surface area contributed by atoms with Crippen LogP contribution in [-0.4, -0.2) is 6.03 Å². The van der Waals surface area contributed by atoms with Crippen LogP contribution < -0.4 is 16.6 Å². The Kier molecular flexibility index (Phi) is 5.48. The summed E-state index contributed by atoms with van der Waals surface area (Å²) in [7, 11) is 0. The van der Waals surface area contributed by atoms with E-state index in [-0.39, 0.29) is 11.3 Å². The van der Waals surface area contributed by atoms with Crippen molar-refractivity contribution in [3.8, 4) is 0 Å². The molecule has 0 saturated carbocycles. The van der Waals surface area contributed by atoms with Crippen molar-refractivity contribution in [3.63, 3.8) is 0 Å². The average Bonchev–Trinajstić information content (AvgIpc) is 2.55. The molecular weight excluding hydrogens is 331 g/mol. The lowest BCUT2D eigenvalue weighted by Crippen LogP contribution is -2.34. The zero-order valence-electron chi connectivity index (χ0n) is 13.7. The Morgan fingerprint density at radius 1 is 1.12 bits per heavy atom. The number of hydrogen-bond acceptors (Lipinski definition) is 2. The lowest BCUT2D eigenvalue weighted by molar-refractivity contribution is -0.137. The fourth-order valence-corrected chi connectivity index (χ4v) is 2.37. The number of halogens is 3. The van der Waals surface area contributed by atoms with E-state index in [1.807, 2.05) is 37.5 Å². The van der Waals surface area contributed by atoms with Crippen molar-refractivity contribution in [2.24, 2.45) is 5.84 Å². The van der Waals surface area contributed by atoms with Gasteiger partial charge in [0.05, 0.1) is 11.3 Å². The predicted molar refractivity (Wildman–Crippen MR) is 92.6 cm³/mol. The molecule has 4 nitrogen and oxygen atoms in total. The zero-order valence-corrected chi connectivity index (χ0v) is 13.7. The van der Waals surface area contributed by atoms with E-state index in [9.17, 15) is 18.0 Å². The highest BCUT2D eigenvalue weighted by molar-refractivity contribution is 5.93. The summed E-state index contributed by atoms with van der Waals surface area (Å²) in [5.74, 6) is 4.99. The first-order chi connectivity index (χ1) is 11.7. The number of carbonyl (C=O) groups is 1. The van der Waals surface area contributed by atoms with Crippen molar-refractivity contribution >= 4 is 23.9 Å². The average molecular weight is 349 g/mol. The molecule has 2 aromatic carbocycles. The normalized spacial score (nSPS) is 11.6. The van der Waals surface area contributed by atoms with Gasteiger partial charge in [-0.15, -0.1) is 0 Å². The van der Waals surface area contributed by atoms with Gasteiger partial charge in [-0.25, -0.2) is 10.6 Å². The highest BCUT2D eigenvalue weighted by atomic mass is 19.4. The minimum absolute atomic E-state index is 0.0133. The number of urea groups is 1. The smallest absolute Gasteiger partial charge is 0.306 e. The van der Waals surface area contributed by atoms with Gasteiger partial charge in [-0.1, -0.05) is 42.0 Å². The number of amides is 2. The molecule has 0 heterocycles. The molecule has 0 unspecified atom stereocenters. The van der Waals surface area contributed by atoms with Gasteiger partial charge in [0.25, 0.3) is 0 Å². The number of rotatable bonds is 3. The van der Waals surface area contributed by atoms with E-state index in [4.69, 9.17) is 5.84 Å². The van der Waals surface area contributed by atoms with Crippen LogP contribution in [0.5, 0.6) is 0 Å². The summed E-state index contributed by atoms with van der Waals surface area (Å²) in [5.41, 5.74) is 3.59. The van der Waals surface area contributed by atoms with Crippen molar-refractivity contribution in [2.75, 3.05) is 5.32 Å². The van der Waals surface area contributed by atoms with E-state index in [1.165, 1.54) is 18.2 Å². The van der Waals surface area contributed by atoms with Crippen molar-refractivity contribution in [1.82, 2.24) is 5.43 Å². The van der Waals surface area contributed by atoms with E-state index in [0.29, 0.717) is 0 Å². The van der Waals surface area contributed by atoms with Gasteiger partial charge in [-0.3, -0.25) is 5.43 Å². The summed E-state index contributed by atoms with van der Waals surface area (Å²) < 4.78 is 40.0. The van der Waals surface area contributed by atoms with Gasteiger partial charge in [-0.05, 0) is 37.1 Å². The molecule has 0 aliphatic heterocycles. The standard InChI is InChI=1S/C18H18F3N3O/c1-11-6-7-12(2)13(10-11)8-9-14-15(18(19,20)21)4-3-5-16(14)23-17(25)24-22/h3-10H,22H2,1-2H3,(H2,23,24,25)/b9-8+. The second-order valence-corrected chi connectivity index (χ2v) is 5.56. The lowest BCUT2D eigenvalue weighted by atomic mass is 10.0. The summed E-state index contributed by atoms with van der Waals surface area (Å²) in [4.78, 5) is 11.4. The Morgan fingerprint density at radius 2 is 1.84 bits per heavy atom. The van der Waals surface area contributed by atoms with Crippen molar-refractivity contribution in [1.29, 1.82) is 0 Å². The molecule has 0 aliphatic carbocycles. The van der Waals surface area contributed by atoms with Gasteiger partial charge in [0, 0.05) is 5.56 Å². The van der Waals surface area contributed by atoms with Crippen molar-refractivity contribution in [2.45, 2.75) is 20.0 Å². The third-order valence-electron chi connectivity index (χ3n) is 3.66. The third kappa shape index (κ3) is 4.60. The molecule has 0 bridgehead atoms. The Bertz CT molecular complexity index is 814. The van der Waals surface area contributed by atoms with Crippen LogP contribution in [0.4, 0.5) is 23.7 Å². The number of hydrazine groups is 1. The van der Waals surface area contributed by atoms with E-state index in [1.54, 1.807) is 6.08 Å². The molecule has 0 fully saturated rings. The summed E-state index contributed by atoms with van der Waals surface area (Å²) >= 11 is 0. The maximum Gasteiger partial charge on any atom is 0.417 e. The minimum atomic E-state index is -4.56.